The normalized spacial score (nSPS) is 20.5. The summed E-state index contributed by atoms with van der Waals surface area (Å²) in [5.74, 6) is -0.671. The molecule has 172 valence electrons. The summed E-state index contributed by atoms with van der Waals surface area (Å²) in [6.07, 6.45) is 8.36. The topological polar surface area (TPSA) is 73.3 Å². The van der Waals surface area contributed by atoms with Crippen LogP contribution in [0.4, 0.5) is 8.78 Å². The van der Waals surface area contributed by atoms with Crippen molar-refractivity contribution in [3.05, 3.63) is 65.7 Å². The first-order valence-corrected chi connectivity index (χ1v) is 11.2. The quantitative estimate of drug-likeness (QED) is 0.483. The highest BCUT2D eigenvalue weighted by atomic mass is 19.2. The fourth-order valence-electron chi connectivity index (χ4n) is 4.19. The lowest BCUT2D eigenvalue weighted by atomic mass is 10.1. The molecule has 9 heteroatoms. The zero-order chi connectivity index (χ0) is 22.6. The minimum absolute atomic E-state index is 0.0227. The molecule has 1 saturated carbocycles. The van der Waals surface area contributed by atoms with Crippen molar-refractivity contribution in [3.63, 3.8) is 0 Å². The van der Waals surface area contributed by atoms with Gasteiger partial charge in [-0.1, -0.05) is 0 Å². The summed E-state index contributed by atoms with van der Waals surface area (Å²) in [6.45, 7) is 4.44. The predicted octanol–water partition coefficient (Wildman–Crippen LogP) is 3.58. The predicted molar refractivity (Wildman–Crippen MR) is 117 cm³/mol. The van der Waals surface area contributed by atoms with Crippen molar-refractivity contribution in [1.82, 2.24) is 24.8 Å². The van der Waals surface area contributed by atoms with Gasteiger partial charge in [0, 0.05) is 44.4 Å². The first kappa shape index (κ1) is 21.8. The molecule has 33 heavy (non-hydrogen) atoms. The van der Waals surface area contributed by atoms with Crippen LogP contribution >= 0.6 is 0 Å². The Hall–Kier alpha value is -3.04. The molecule has 2 unspecified atom stereocenters. The van der Waals surface area contributed by atoms with Gasteiger partial charge in [0.1, 0.15) is 0 Å². The smallest absolute Gasteiger partial charge is 0.200 e. The minimum atomic E-state index is -0.933. The molecular formula is C24H25F2N5O2. The van der Waals surface area contributed by atoms with Gasteiger partial charge in [0.25, 0.3) is 0 Å². The fraction of sp³-hybridized carbons (Fsp3) is 0.417. The van der Waals surface area contributed by atoms with E-state index >= 15 is 0 Å². The van der Waals surface area contributed by atoms with E-state index in [1.165, 1.54) is 6.07 Å². The van der Waals surface area contributed by atoms with E-state index in [-0.39, 0.29) is 17.6 Å². The monoisotopic (exact) mass is 453 g/mol. The Balaban J connectivity index is 1.20. The maximum atomic E-state index is 14.3. The van der Waals surface area contributed by atoms with Gasteiger partial charge < -0.3 is 9.47 Å². The van der Waals surface area contributed by atoms with E-state index in [1.54, 1.807) is 36.9 Å². The van der Waals surface area contributed by atoms with Crippen LogP contribution in [0.3, 0.4) is 0 Å². The van der Waals surface area contributed by atoms with E-state index in [2.05, 4.69) is 24.8 Å². The van der Waals surface area contributed by atoms with E-state index in [4.69, 9.17) is 9.47 Å². The maximum Gasteiger partial charge on any atom is 0.200 e. The van der Waals surface area contributed by atoms with Gasteiger partial charge in [-0.2, -0.15) is 4.39 Å². The Kier molecular flexibility index (Phi) is 6.50. The second-order valence-electron chi connectivity index (χ2n) is 8.33. The standard InChI is InChI=1S/C24H25F2N5O2/c25-20-11-16(12-21(22(20)26)33-8-2-5-31-6-9-32-10-7-31)18-13-19(18)17-14-29-24(30-15-17)23-27-3-1-4-28-23/h1,3-4,11-12,14-15,18-19H,2,5-10,13H2. The third kappa shape index (κ3) is 5.15. The summed E-state index contributed by atoms with van der Waals surface area (Å²) in [6, 6.07) is 4.63. The molecule has 0 amide bonds. The van der Waals surface area contributed by atoms with Crippen LogP contribution in [0.5, 0.6) is 5.75 Å². The molecular weight excluding hydrogens is 428 g/mol. The van der Waals surface area contributed by atoms with Crippen molar-refractivity contribution in [1.29, 1.82) is 0 Å². The number of morpholine rings is 1. The van der Waals surface area contributed by atoms with Crippen LogP contribution in [0.15, 0.2) is 43.0 Å². The van der Waals surface area contributed by atoms with E-state index in [0.717, 1.165) is 56.8 Å². The van der Waals surface area contributed by atoms with Gasteiger partial charge in [-0.25, -0.2) is 24.3 Å². The summed E-state index contributed by atoms with van der Waals surface area (Å²) < 4.78 is 39.6. The van der Waals surface area contributed by atoms with Crippen LogP contribution in [-0.2, 0) is 4.74 Å². The zero-order valence-electron chi connectivity index (χ0n) is 18.2. The van der Waals surface area contributed by atoms with Gasteiger partial charge in [-0.3, -0.25) is 4.90 Å². The average molecular weight is 453 g/mol. The average Bonchev–Trinajstić information content (AvgIpc) is 3.67. The molecule has 1 aliphatic carbocycles. The lowest BCUT2D eigenvalue weighted by Crippen LogP contribution is -2.37. The molecule has 0 radical (unpaired) electrons. The summed E-state index contributed by atoms with van der Waals surface area (Å²) in [7, 11) is 0. The van der Waals surface area contributed by atoms with Gasteiger partial charge in [0.05, 0.1) is 19.8 Å². The molecule has 7 nitrogen and oxygen atoms in total. The van der Waals surface area contributed by atoms with E-state index < -0.39 is 11.6 Å². The molecule has 2 aromatic heterocycles. The highest BCUT2D eigenvalue weighted by Crippen LogP contribution is 2.55. The van der Waals surface area contributed by atoms with Crippen LogP contribution in [0.2, 0.25) is 0 Å². The highest BCUT2D eigenvalue weighted by molar-refractivity contribution is 5.44. The number of ether oxygens (including phenoxy) is 2. The van der Waals surface area contributed by atoms with Crippen LogP contribution in [0, 0.1) is 11.6 Å². The molecule has 5 rings (SSSR count). The Morgan fingerprint density at radius 3 is 2.39 bits per heavy atom. The number of benzene rings is 1. The molecule has 1 saturated heterocycles. The lowest BCUT2D eigenvalue weighted by Gasteiger charge is -2.26. The Labute approximate surface area is 190 Å². The number of nitrogens with zero attached hydrogens (tertiary/aromatic N) is 5. The first-order valence-electron chi connectivity index (χ1n) is 11.2. The van der Waals surface area contributed by atoms with Crippen LogP contribution in [-0.4, -0.2) is 64.3 Å². The summed E-state index contributed by atoms with van der Waals surface area (Å²) >= 11 is 0. The Morgan fingerprint density at radius 1 is 0.939 bits per heavy atom. The molecule has 3 aromatic rings. The fourth-order valence-corrected chi connectivity index (χ4v) is 4.19. The Bertz CT molecular complexity index is 1080. The second kappa shape index (κ2) is 9.84. The van der Waals surface area contributed by atoms with Crippen LogP contribution in [0.1, 0.15) is 35.8 Å². The van der Waals surface area contributed by atoms with Crippen molar-refractivity contribution in [2.75, 3.05) is 39.5 Å². The van der Waals surface area contributed by atoms with E-state index in [0.29, 0.717) is 18.3 Å². The number of hydrogen-bond donors (Lipinski definition) is 0. The molecule has 0 N–H and O–H groups in total. The van der Waals surface area contributed by atoms with Crippen molar-refractivity contribution in [3.8, 4) is 17.4 Å². The highest BCUT2D eigenvalue weighted by Gasteiger charge is 2.41. The first-order chi connectivity index (χ1) is 16.2. The zero-order valence-corrected chi connectivity index (χ0v) is 18.2. The number of hydrogen-bond acceptors (Lipinski definition) is 7. The largest absolute Gasteiger partial charge is 0.490 e. The van der Waals surface area contributed by atoms with E-state index in [1.807, 2.05) is 0 Å². The van der Waals surface area contributed by atoms with Crippen LogP contribution in [0.25, 0.3) is 11.6 Å². The van der Waals surface area contributed by atoms with Gasteiger partial charge >= 0.3 is 0 Å². The third-order valence-electron chi connectivity index (χ3n) is 6.08. The van der Waals surface area contributed by atoms with Crippen molar-refractivity contribution >= 4 is 0 Å². The van der Waals surface area contributed by atoms with Crippen LogP contribution < -0.4 is 4.74 Å². The lowest BCUT2D eigenvalue weighted by molar-refractivity contribution is 0.0357. The summed E-state index contributed by atoms with van der Waals surface area (Å²) in [4.78, 5) is 19.3. The van der Waals surface area contributed by atoms with Gasteiger partial charge in [-0.05, 0) is 54.0 Å². The molecule has 0 spiro atoms. The third-order valence-corrected chi connectivity index (χ3v) is 6.08. The molecule has 3 heterocycles. The molecule has 2 atom stereocenters. The Morgan fingerprint density at radius 2 is 1.64 bits per heavy atom. The van der Waals surface area contributed by atoms with Crippen molar-refractivity contribution in [2.24, 2.45) is 0 Å². The molecule has 2 fully saturated rings. The second-order valence-corrected chi connectivity index (χ2v) is 8.33. The summed E-state index contributed by atoms with van der Waals surface area (Å²) in [5, 5.41) is 0. The van der Waals surface area contributed by atoms with Gasteiger partial charge in [-0.15, -0.1) is 0 Å². The van der Waals surface area contributed by atoms with Crippen molar-refractivity contribution < 1.29 is 18.3 Å². The number of aromatic nitrogens is 4. The summed E-state index contributed by atoms with van der Waals surface area (Å²) in [5.41, 5.74) is 1.69. The van der Waals surface area contributed by atoms with Gasteiger partial charge in [0.2, 0.25) is 5.82 Å². The molecule has 1 aromatic carbocycles. The SMILES string of the molecule is Fc1cc(C2CC2c2cnc(-c3ncccn3)nc2)cc(OCCCN2CCOCC2)c1F. The van der Waals surface area contributed by atoms with Crippen molar-refractivity contribution in [2.45, 2.75) is 24.7 Å². The van der Waals surface area contributed by atoms with E-state index in [9.17, 15) is 8.78 Å². The molecule has 2 aliphatic rings. The molecule has 0 bridgehead atoms. The maximum absolute atomic E-state index is 14.3. The van der Waals surface area contributed by atoms with Gasteiger partial charge in [0.15, 0.2) is 23.2 Å². The molecule has 1 aliphatic heterocycles. The number of rotatable bonds is 8. The number of halogens is 2. The minimum Gasteiger partial charge on any atom is -0.490 e.